The zero-order valence-corrected chi connectivity index (χ0v) is 14.0. The summed E-state index contributed by atoms with van der Waals surface area (Å²) < 4.78 is 6.78. The number of ether oxygens (including phenoxy) is 1. The fraction of sp³-hybridized carbons (Fsp3) is 0.438. The zero-order valence-electron chi connectivity index (χ0n) is 14.0. The Morgan fingerprint density at radius 3 is 2.65 bits per heavy atom. The van der Waals surface area contributed by atoms with Crippen molar-refractivity contribution >= 4 is 5.91 Å². The monoisotopic (exact) mass is 317 g/mol. The highest BCUT2D eigenvalue weighted by atomic mass is 16.5. The van der Waals surface area contributed by atoms with Gasteiger partial charge in [-0.05, 0) is 44.7 Å². The van der Waals surface area contributed by atoms with Crippen LogP contribution in [0.25, 0.3) is 5.69 Å². The number of benzene rings is 1. The number of amides is 1. The van der Waals surface area contributed by atoms with E-state index in [-0.39, 0.29) is 11.9 Å². The van der Waals surface area contributed by atoms with Crippen LogP contribution in [0.15, 0.2) is 24.3 Å². The number of carbonyl (C=O) groups is 1. The first kappa shape index (κ1) is 17.0. The van der Waals surface area contributed by atoms with E-state index in [9.17, 15) is 4.79 Å². The number of methoxy groups -OCH3 is 1. The molecule has 0 spiro atoms. The summed E-state index contributed by atoms with van der Waals surface area (Å²) in [5.41, 5.74) is 1.86. The minimum absolute atomic E-state index is 0.209. The molecule has 0 saturated carbocycles. The van der Waals surface area contributed by atoms with Crippen LogP contribution in [0.5, 0.6) is 5.75 Å². The molecule has 2 rings (SSSR count). The second kappa shape index (κ2) is 7.73. The lowest BCUT2D eigenvalue weighted by Crippen LogP contribution is -2.39. The normalized spacial score (nSPS) is 12.0. The Kier molecular flexibility index (Phi) is 5.70. The van der Waals surface area contributed by atoms with E-state index in [1.807, 2.05) is 45.0 Å². The van der Waals surface area contributed by atoms with Crippen molar-refractivity contribution in [2.45, 2.75) is 26.8 Å². The third-order valence-corrected chi connectivity index (χ3v) is 3.55. The summed E-state index contributed by atoms with van der Waals surface area (Å²) in [6, 6.07) is 7.63. The molecule has 23 heavy (non-hydrogen) atoms. The first-order valence-electron chi connectivity index (χ1n) is 7.65. The van der Waals surface area contributed by atoms with Crippen molar-refractivity contribution < 1.29 is 9.53 Å². The predicted octanol–water partition coefficient (Wildman–Crippen LogP) is 1.31. The topological polar surface area (TPSA) is 81.1 Å². The molecular formula is C16H23N5O2. The summed E-state index contributed by atoms with van der Waals surface area (Å²) in [6.07, 6.45) is 0. The van der Waals surface area contributed by atoms with Gasteiger partial charge in [-0.15, -0.1) is 5.10 Å². The Bertz CT molecular complexity index is 651. The number of rotatable bonds is 7. The summed E-state index contributed by atoms with van der Waals surface area (Å²) in [5, 5.41) is 14.2. The summed E-state index contributed by atoms with van der Waals surface area (Å²) in [5.74, 6) is 0.550. The lowest BCUT2D eigenvalue weighted by atomic mass is 10.2. The number of nitrogens with zero attached hydrogens (tertiary/aromatic N) is 3. The van der Waals surface area contributed by atoms with Crippen LogP contribution in [0, 0.1) is 6.92 Å². The molecule has 2 aromatic rings. The first-order chi connectivity index (χ1) is 11.1. The number of hydrogen-bond acceptors (Lipinski definition) is 5. The van der Waals surface area contributed by atoms with Crippen molar-refractivity contribution in [3.63, 3.8) is 0 Å². The molecule has 0 aliphatic heterocycles. The molecule has 7 nitrogen and oxygen atoms in total. The zero-order chi connectivity index (χ0) is 16.8. The number of nitrogens with one attached hydrogen (secondary N) is 2. The van der Waals surface area contributed by atoms with Crippen LogP contribution in [-0.4, -0.2) is 47.1 Å². The van der Waals surface area contributed by atoms with Gasteiger partial charge in [0.05, 0.1) is 18.5 Å². The molecule has 0 radical (unpaired) electrons. The van der Waals surface area contributed by atoms with Crippen LogP contribution in [0.4, 0.5) is 0 Å². The minimum atomic E-state index is -0.216. The van der Waals surface area contributed by atoms with Gasteiger partial charge in [0.1, 0.15) is 5.75 Å². The maximum Gasteiger partial charge on any atom is 0.273 e. The highest BCUT2D eigenvalue weighted by Crippen LogP contribution is 2.16. The van der Waals surface area contributed by atoms with Crippen molar-refractivity contribution in [3.05, 3.63) is 35.7 Å². The highest BCUT2D eigenvalue weighted by Gasteiger charge is 2.17. The quantitative estimate of drug-likeness (QED) is 0.805. The van der Waals surface area contributed by atoms with E-state index in [1.54, 1.807) is 11.8 Å². The largest absolute Gasteiger partial charge is 0.497 e. The molecule has 124 valence electrons. The first-order valence-corrected chi connectivity index (χ1v) is 7.65. The molecule has 0 fully saturated rings. The van der Waals surface area contributed by atoms with E-state index in [2.05, 4.69) is 20.9 Å². The van der Waals surface area contributed by atoms with Crippen molar-refractivity contribution in [3.8, 4) is 11.4 Å². The SMILES string of the molecule is CCN[C@H](C)CNC(=O)c1nnn(-c2ccc(OC)cc2)c1C. The van der Waals surface area contributed by atoms with Crippen molar-refractivity contribution in [2.24, 2.45) is 0 Å². The Morgan fingerprint density at radius 2 is 2.04 bits per heavy atom. The van der Waals surface area contributed by atoms with Crippen LogP contribution >= 0.6 is 0 Å². The van der Waals surface area contributed by atoms with E-state index < -0.39 is 0 Å². The lowest BCUT2D eigenvalue weighted by Gasteiger charge is -2.12. The highest BCUT2D eigenvalue weighted by molar-refractivity contribution is 5.93. The van der Waals surface area contributed by atoms with E-state index in [0.29, 0.717) is 17.9 Å². The molecule has 0 aliphatic rings. The van der Waals surface area contributed by atoms with E-state index >= 15 is 0 Å². The smallest absolute Gasteiger partial charge is 0.273 e. The van der Waals surface area contributed by atoms with Gasteiger partial charge in [-0.2, -0.15) is 0 Å². The lowest BCUT2D eigenvalue weighted by molar-refractivity contribution is 0.0944. The molecule has 1 aromatic heterocycles. The fourth-order valence-corrected chi connectivity index (χ4v) is 2.26. The molecule has 1 amide bonds. The van der Waals surface area contributed by atoms with Gasteiger partial charge in [0.15, 0.2) is 5.69 Å². The number of likely N-dealkylation sites (N-methyl/N-ethyl adjacent to an activating group) is 1. The second-order valence-electron chi connectivity index (χ2n) is 5.30. The van der Waals surface area contributed by atoms with Gasteiger partial charge in [0.2, 0.25) is 0 Å². The van der Waals surface area contributed by atoms with Crippen LogP contribution < -0.4 is 15.4 Å². The number of hydrogen-bond donors (Lipinski definition) is 2. The van der Waals surface area contributed by atoms with Gasteiger partial charge in [-0.25, -0.2) is 4.68 Å². The third-order valence-electron chi connectivity index (χ3n) is 3.55. The summed E-state index contributed by atoms with van der Waals surface area (Å²) >= 11 is 0. The molecule has 2 N–H and O–H groups in total. The van der Waals surface area contributed by atoms with Crippen LogP contribution in [0.3, 0.4) is 0 Å². The van der Waals surface area contributed by atoms with Gasteiger partial charge < -0.3 is 15.4 Å². The van der Waals surface area contributed by atoms with Crippen molar-refractivity contribution in [1.29, 1.82) is 0 Å². The van der Waals surface area contributed by atoms with Crippen LogP contribution in [0.2, 0.25) is 0 Å². The summed E-state index contributed by atoms with van der Waals surface area (Å²) in [4.78, 5) is 12.2. The summed E-state index contributed by atoms with van der Waals surface area (Å²) in [6.45, 7) is 7.28. The molecular weight excluding hydrogens is 294 g/mol. The molecule has 1 heterocycles. The molecule has 0 bridgehead atoms. The fourth-order valence-electron chi connectivity index (χ4n) is 2.26. The summed E-state index contributed by atoms with van der Waals surface area (Å²) in [7, 11) is 1.62. The third kappa shape index (κ3) is 4.07. The molecule has 1 aromatic carbocycles. The van der Waals surface area contributed by atoms with E-state index in [1.165, 1.54) is 0 Å². The molecule has 0 saturated heterocycles. The average Bonchev–Trinajstić information content (AvgIpc) is 2.94. The molecule has 0 unspecified atom stereocenters. The minimum Gasteiger partial charge on any atom is -0.497 e. The second-order valence-corrected chi connectivity index (χ2v) is 5.30. The van der Waals surface area contributed by atoms with Crippen molar-refractivity contribution in [2.75, 3.05) is 20.2 Å². The maximum atomic E-state index is 12.2. The van der Waals surface area contributed by atoms with Gasteiger partial charge in [0, 0.05) is 12.6 Å². The van der Waals surface area contributed by atoms with Crippen LogP contribution in [-0.2, 0) is 0 Å². The molecule has 1 atom stereocenters. The molecule has 7 heteroatoms. The van der Waals surface area contributed by atoms with Crippen molar-refractivity contribution in [1.82, 2.24) is 25.6 Å². The Balaban J connectivity index is 2.10. The Hall–Kier alpha value is -2.41. The Labute approximate surface area is 136 Å². The maximum absolute atomic E-state index is 12.2. The Morgan fingerprint density at radius 1 is 1.35 bits per heavy atom. The molecule has 0 aliphatic carbocycles. The predicted molar refractivity (Wildman–Crippen MR) is 88.1 cm³/mol. The average molecular weight is 317 g/mol. The standard InChI is InChI=1S/C16H23N5O2/c1-5-17-11(2)10-18-16(22)15-12(3)21(20-19-15)13-6-8-14(23-4)9-7-13/h6-9,11,17H,5,10H2,1-4H3,(H,18,22)/t11-/m1/s1. The van der Waals surface area contributed by atoms with Gasteiger partial charge in [0.25, 0.3) is 5.91 Å². The van der Waals surface area contributed by atoms with E-state index in [4.69, 9.17) is 4.74 Å². The van der Waals surface area contributed by atoms with Gasteiger partial charge in [-0.1, -0.05) is 12.1 Å². The number of aromatic nitrogens is 3. The van der Waals surface area contributed by atoms with Crippen LogP contribution in [0.1, 0.15) is 30.0 Å². The van der Waals surface area contributed by atoms with E-state index in [0.717, 1.165) is 18.0 Å². The van der Waals surface area contributed by atoms with Gasteiger partial charge in [-0.3, -0.25) is 4.79 Å². The van der Waals surface area contributed by atoms with Gasteiger partial charge >= 0.3 is 0 Å². The number of carbonyl (C=O) groups excluding carboxylic acids is 1.